The molecule has 2 aliphatic rings. The Morgan fingerprint density at radius 3 is 2.24 bits per heavy atom. The number of sulfonamides is 1. The van der Waals surface area contributed by atoms with Crippen molar-refractivity contribution in [1.29, 1.82) is 0 Å². The Kier molecular flexibility index (Phi) is 8.39. The SMILES string of the molecule is CCCCN(C)C(=O)C1CCN(C(=O)c2cc(S(=O)(=O)N(C)C)ccc2N2CCCC2)CC1. The molecule has 8 nitrogen and oxygen atoms in total. The molecule has 0 N–H and O–H groups in total. The summed E-state index contributed by atoms with van der Waals surface area (Å²) in [5, 5.41) is 0. The lowest BCUT2D eigenvalue weighted by molar-refractivity contribution is -0.135. The number of hydrogen-bond acceptors (Lipinski definition) is 5. The molecule has 2 heterocycles. The van der Waals surface area contributed by atoms with Gasteiger partial charge in [-0.2, -0.15) is 0 Å². The second kappa shape index (κ2) is 10.9. The summed E-state index contributed by atoms with van der Waals surface area (Å²) in [5.41, 5.74) is 1.23. The number of hydrogen-bond donors (Lipinski definition) is 0. The van der Waals surface area contributed by atoms with Gasteiger partial charge in [0.15, 0.2) is 0 Å². The fourth-order valence-electron chi connectivity index (χ4n) is 4.61. The zero-order valence-electron chi connectivity index (χ0n) is 20.4. The zero-order chi connectivity index (χ0) is 24.2. The number of rotatable bonds is 8. The van der Waals surface area contributed by atoms with Crippen LogP contribution in [0.4, 0.5) is 5.69 Å². The van der Waals surface area contributed by atoms with Crippen molar-refractivity contribution in [2.45, 2.75) is 50.3 Å². The van der Waals surface area contributed by atoms with E-state index in [2.05, 4.69) is 11.8 Å². The average Bonchev–Trinajstić information content (AvgIpc) is 3.36. The van der Waals surface area contributed by atoms with Crippen LogP contribution in [-0.4, -0.2) is 88.2 Å². The highest BCUT2D eigenvalue weighted by atomic mass is 32.2. The lowest BCUT2D eigenvalue weighted by atomic mass is 9.94. The minimum atomic E-state index is -3.65. The summed E-state index contributed by atoms with van der Waals surface area (Å²) in [6.45, 7) is 5.60. The summed E-state index contributed by atoms with van der Waals surface area (Å²) in [4.78, 5) is 32.2. The predicted molar refractivity (Wildman–Crippen MR) is 130 cm³/mol. The third kappa shape index (κ3) is 5.69. The van der Waals surface area contributed by atoms with Gasteiger partial charge in [-0.05, 0) is 50.3 Å². The summed E-state index contributed by atoms with van der Waals surface area (Å²) < 4.78 is 26.6. The number of benzene rings is 1. The van der Waals surface area contributed by atoms with Crippen molar-refractivity contribution in [2.24, 2.45) is 5.92 Å². The van der Waals surface area contributed by atoms with E-state index in [9.17, 15) is 18.0 Å². The van der Waals surface area contributed by atoms with Crippen LogP contribution in [0, 0.1) is 5.92 Å². The first-order chi connectivity index (χ1) is 15.7. The number of carbonyl (C=O) groups excluding carboxylic acids is 2. The zero-order valence-corrected chi connectivity index (χ0v) is 21.2. The maximum Gasteiger partial charge on any atom is 0.256 e. The van der Waals surface area contributed by atoms with Crippen LogP contribution in [-0.2, 0) is 14.8 Å². The van der Waals surface area contributed by atoms with Crippen molar-refractivity contribution < 1.29 is 18.0 Å². The Bertz CT molecular complexity index is 949. The molecule has 2 fully saturated rings. The molecule has 2 amide bonds. The van der Waals surface area contributed by atoms with Crippen LogP contribution in [0.2, 0.25) is 0 Å². The van der Waals surface area contributed by atoms with Gasteiger partial charge >= 0.3 is 0 Å². The Morgan fingerprint density at radius 1 is 1.03 bits per heavy atom. The molecule has 2 saturated heterocycles. The van der Waals surface area contributed by atoms with Gasteiger partial charge in [0.05, 0.1) is 10.5 Å². The Balaban J connectivity index is 1.79. The third-order valence-corrected chi connectivity index (χ3v) is 8.59. The number of nitrogens with zero attached hydrogens (tertiary/aromatic N) is 4. The van der Waals surface area contributed by atoms with Crippen LogP contribution in [0.1, 0.15) is 55.8 Å². The molecule has 0 saturated carbocycles. The van der Waals surface area contributed by atoms with Gasteiger partial charge in [0.2, 0.25) is 15.9 Å². The lowest BCUT2D eigenvalue weighted by Gasteiger charge is -2.34. The van der Waals surface area contributed by atoms with Gasteiger partial charge in [0.25, 0.3) is 5.91 Å². The number of likely N-dealkylation sites (tertiary alicyclic amines) is 1. The average molecular weight is 479 g/mol. The van der Waals surface area contributed by atoms with Crippen molar-refractivity contribution in [2.75, 3.05) is 58.8 Å². The number of piperidine rings is 1. The Morgan fingerprint density at radius 2 is 1.67 bits per heavy atom. The summed E-state index contributed by atoms with van der Waals surface area (Å²) in [6, 6.07) is 4.89. The van der Waals surface area contributed by atoms with E-state index in [0.717, 1.165) is 55.3 Å². The molecule has 3 rings (SSSR count). The van der Waals surface area contributed by atoms with Gasteiger partial charge in [-0.3, -0.25) is 9.59 Å². The molecule has 33 heavy (non-hydrogen) atoms. The first kappa shape index (κ1) is 25.5. The molecule has 1 aromatic carbocycles. The van der Waals surface area contributed by atoms with Crippen LogP contribution in [0.5, 0.6) is 0 Å². The molecule has 1 aromatic rings. The quantitative estimate of drug-likeness (QED) is 0.574. The van der Waals surface area contributed by atoms with Gasteiger partial charge in [0, 0.05) is 65.5 Å². The highest BCUT2D eigenvalue weighted by molar-refractivity contribution is 7.89. The van der Waals surface area contributed by atoms with Gasteiger partial charge < -0.3 is 14.7 Å². The second-order valence-electron chi connectivity index (χ2n) is 9.34. The molecule has 2 aliphatic heterocycles. The molecule has 0 atom stereocenters. The molecule has 0 aliphatic carbocycles. The van der Waals surface area contributed by atoms with E-state index in [0.29, 0.717) is 31.5 Å². The minimum absolute atomic E-state index is 0.0607. The number of unbranched alkanes of at least 4 members (excludes halogenated alkanes) is 1. The smallest absolute Gasteiger partial charge is 0.256 e. The molecule has 0 unspecified atom stereocenters. The fourth-order valence-corrected chi connectivity index (χ4v) is 5.54. The van der Waals surface area contributed by atoms with Gasteiger partial charge in [-0.1, -0.05) is 13.3 Å². The molecule has 0 radical (unpaired) electrons. The molecule has 0 aromatic heterocycles. The van der Waals surface area contributed by atoms with E-state index in [-0.39, 0.29) is 22.6 Å². The second-order valence-corrected chi connectivity index (χ2v) is 11.5. The monoisotopic (exact) mass is 478 g/mol. The van der Waals surface area contributed by atoms with Crippen LogP contribution in [0.3, 0.4) is 0 Å². The molecule has 184 valence electrons. The van der Waals surface area contributed by atoms with Gasteiger partial charge in [0.1, 0.15) is 0 Å². The van der Waals surface area contributed by atoms with Crippen LogP contribution in [0.15, 0.2) is 23.1 Å². The summed E-state index contributed by atoms with van der Waals surface area (Å²) in [5.74, 6) is -0.0558. The van der Waals surface area contributed by atoms with E-state index in [1.54, 1.807) is 17.0 Å². The number of amides is 2. The van der Waals surface area contributed by atoms with Crippen molar-refractivity contribution in [3.8, 4) is 0 Å². The largest absolute Gasteiger partial charge is 0.371 e. The number of carbonyl (C=O) groups is 2. The van der Waals surface area contributed by atoms with Crippen molar-refractivity contribution in [3.63, 3.8) is 0 Å². The van der Waals surface area contributed by atoms with E-state index in [1.807, 2.05) is 11.9 Å². The highest BCUT2D eigenvalue weighted by Gasteiger charge is 2.32. The summed E-state index contributed by atoms with van der Waals surface area (Å²) in [6.07, 6.45) is 5.43. The van der Waals surface area contributed by atoms with Crippen LogP contribution in [0.25, 0.3) is 0 Å². The first-order valence-corrected chi connectivity index (χ1v) is 13.5. The van der Waals surface area contributed by atoms with Crippen molar-refractivity contribution in [1.82, 2.24) is 14.1 Å². The third-order valence-electron chi connectivity index (χ3n) is 6.78. The fraction of sp³-hybridized carbons (Fsp3) is 0.667. The first-order valence-electron chi connectivity index (χ1n) is 12.0. The molecule has 9 heteroatoms. The topological polar surface area (TPSA) is 81.2 Å². The van der Waals surface area contributed by atoms with E-state index in [4.69, 9.17) is 0 Å². The van der Waals surface area contributed by atoms with Crippen molar-refractivity contribution in [3.05, 3.63) is 23.8 Å². The molecular formula is C24H38N4O4S. The van der Waals surface area contributed by atoms with E-state index < -0.39 is 10.0 Å². The van der Waals surface area contributed by atoms with E-state index >= 15 is 0 Å². The van der Waals surface area contributed by atoms with Gasteiger partial charge in [-0.15, -0.1) is 0 Å². The van der Waals surface area contributed by atoms with Gasteiger partial charge in [-0.25, -0.2) is 12.7 Å². The predicted octanol–water partition coefficient (Wildman–Crippen LogP) is 2.65. The normalized spacial score (nSPS) is 17.6. The molecular weight excluding hydrogens is 440 g/mol. The van der Waals surface area contributed by atoms with Crippen LogP contribution < -0.4 is 4.90 Å². The lowest BCUT2D eigenvalue weighted by Crippen LogP contribution is -2.44. The maximum absolute atomic E-state index is 13.6. The Labute approximate surface area is 198 Å². The summed E-state index contributed by atoms with van der Waals surface area (Å²) in [7, 11) is 1.19. The van der Waals surface area contributed by atoms with E-state index in [1.165, 1.54) is 20.2 Å². The van der Waals surface area contributed by atoms with Crippen molar-refractivity contribution >= 4 is 27.5 Å². The Hall–Kier alpha value is -2.13. The summed E-state index contributed by atoms with van der Waals surface area (Å²) >= 11 is 0. The molecule has 0 spiro atoms. The highest BCUT2D eigenvalue weighted by Crippen LogP contribution is 2.30. The minimum Gasteiger partial charge on any atom is -0.371 e. The molecule has 0 bridgehead atoms. The number of anilines is 1. The standard InChI is InChI=1S/C24H38N4O4S/c1-5-6-13-26(4)23(29)19-11-16-28(17-12-19)24(30)21-18-20(33(31,32)25(2)3)9-10-22(21)27-14-7-8-15-27/h9-10,18-19H,5-8,11-17H2,1-4H3. The maximum atomic E-state index is 13.6. The van der Waals surface area contributed by atoms with Crippen LogP contribution >= 0.6 is 0 Å².